The predicted octanol–water partition coefficient (Wildman–Crippen LogP) is 3.08. The summed E-state index contributed by atoms with van der Waals surface area (Å²) in [4.78, 5) is 5.07. The summed E-state index contributed by atoms with van der Waals surface area (Å²) < 4.78 is 5.71. The molecule has 0 aliphatic heterocycles. The van der Waals surface area contributed by atoms with Gasteiger partial charge in [-0.3, -0.25) is 4.98 Å². The molecule has 0 radical (unpaired) electrons. The van der Waals surface area contributed by atoms with Crippen LogP contribution in [0.15, 0.2) is 29.9 Å². The predicted molar refractivity (Wildman–Crippen MR) is 68.3 cm³/mol. The zero-order valence-electron chi connectivity index (χ0n) is 9.88. The third-order valence-corrected chi connectivity index (χ3v) is 3.22. The van der Waals surface area contributed by atoms with Gasteiger partial charge < -0.3 is 9.84 Å². The molecule has 2 rings (SSSR count). The van der Waals surface area contributed by atoms with Crippen LogP contribution >= 0.6 is 11.3 Å². The lowest BCUT2D eigenvalue weighted by Crippen LogP contribution is -2.00. The lowest BCUT2D eigenvalue weighted by Gasteiger charge is -2.13. The summed E-state index contributed by atoms with van der Waals surface area (Å²) in [7, 11) is 0. The van der Waals surface area contributed by atoms with Crippen molar-refractivity contribution in [1.82, 2.24) is 4.98 Å². The van der Waals surface area contributed by atoms with Crippen molar-refractivity contribution in [3.05, 3.63) is 45.9 Å². The van der Waals surface area contributed by atoms with Gasteiger partial charge in [-0.1, -0.05) is 11.6 Å². The molecule has 90 valence electrons. The third kappa shape index (κ3) is 3.05. The number of rotatable bonds is 4. The Bertz CT molecular complexity index is 480. The maximum Gasteiger partial charge on any atom is 0.125 e. The Kier molecular flexibility index (Phi) is 3.76. The van der Waals surface area contributed by atoms with Crippen LogP contribution in [-0.2, 0) is 6.61 Å². The summed E-state index contributed by atoms with van der Waals surface area (Å²) in [6.45, 7) is 4.24. The van der Waals surface area contributed by atoms with Crippen molar-refractivity contribution >= 4 is 11.3 Å². The van der Waals surface area contributed by atoms with Crippen LogP contribution in [-0.4, -0.2) is 10.1 Å². The van der Waals surface area contributed by atoms with Crippen LogP contribution in [0.1, 0.15) is 29.0 Å². The quantitative estimate of drug-likeness (QED) is 0.905. The number of thiazole rings is 1. The van der Waals surface area contributed by atoms with Gasteiger partial charge in [-0.15, -0.1) is 11.3 Å². The summed E-state index contributed by atoms with van der Waals surface area (Å²) in [6.07, 6.45) is 1.27. The van der Waals surface area contributed by atoms with E-state index in [1.807, 2.05) is 25.1 Å². The molecule has 0 bridgehead atoms. The molecule has 1 aromatic carbocycles. The Hall–Kier alpha value is -1.39. The van der Waals surface area contributed by atoms with Gasteiger partial charge in [-0.05, 0) is 26.0 Å². The molecule has 0 unspecified atom stereocenters. The van der Waals surface area contributed by atoms with Crippen molar-refractivity contribution in [2.24, 2.45) is 0 Å². The number of hydrogen-bond donors (Lipinski definition) is 1. The summed E-state index contributed by atoms with van der Waals surface area (Å²) in [5.41, 5.74) is 3.73. The van der Waals surface area contributed by atoms with Gasteiger partial charge in [0.25, 0.3) is 0 Å². The molecule has 0 fully saturated rings. The monoisotopic (exact) mass is 249 g/mol. The molecule has 17 heavy (non-hydrogen) atoms. The van der Waals surface area contributed by atoms with Crippen molar-refractivity contribution in [1.29, 1.82) is 0 Å². The summed E-state index contributed by atoms with van der Waals surface area (Å²) >= 11 is 1.56. The second-order valence-corrected chi connectivity index (χ2v) is 4.94. The molecular weight excluding hydrogens is 234 g/mol. The molecular formula is C13H15NO2S. The van der Waals surface area contributed by atoms with E-state index in [1.165, 1.54) is 0 Å². The zero-order chi connectivity index (χ0) is 12.3. The van der Waals surface area contributed by atoms with Crippen LogP contribution in [0, 0.1) is 6.92 Å². The number of aryl methyl sites for hydroxylation is 1. The number of aromatic nitrogens is 1. The van der Waals surface area contributed by atoms with Gasteiger partial charge in [0.1, 0.15) is 12.4 Å². The SMILES string of the molecule is Cc1ccc(OCc2cncs2)c([C@H](C)O)c1. The largest absolute Gasteiger partial charge is 0.488 e. The Labute approximate surface area is 105 Å². The van der Waals surface area contributed by atoms with E-state index in [4.69, 9.17) is 4.74 Å². The Morgan fingerprint density at radius 3 is 2.94 bits per heavy atom. The van der Waals surface area contributed by atoms with E-state index in [0.717, 1.165) is 21.8 Å². The van der Waals surface area contributed by atoms with E-state index in [1.54, 1.807) is 30.0 Å². The normalized spacial score (nSPS) is 12.4. The van der Waals surface area contributed by atoms with Crippen LogP contribution in [0.25, 0.3) is 0 Å². The van der Waals surface area contributed by atoms with E-state index in [9.17, 15) is 5.11 Å². The Morgan fingerprint density at radius 1 is 1.47 bits per heavy atom. The van der Waals surface area contributed by atoms with Gasteiger partial charge in [-0.25, -0.2) is 0 Å². The average molecular weight is 249 g/mol. The molecule has 0 aliphatic rings. The van der Waals surface area contributed by atoms with Crippen molar-refractivity contribution in [3.8, 4) is 5.75 Å². The Balaban J connectivity index is 2.14. The lowest BCUT2D eigenvalue weighted by molar-refractivity contribution is 0.190. The van der Waals surface area contributed by atoms with Crippen LogP contribution in [0.5, 0.6) is 5.75 Å². The molecule has 4 heteroatoms. The third-order valence-electron chi connectivity index (χ3n) is 2.47. The lowest BCUT2D eigenvalue weighted by atomic mass is 10.1. The average Bonchev–Trinajstić information content (AvgIpc) is 2.80. The van der Waals surface area contributed by atoms with Crippen LogP contribution < -0.4 is 4.74 Å². The molecule has 0 aliphatic carbocycles. The summed E-state index contributed by atoms with van der Waals surface area (Å²) in [5.74, 6) is 0.735. The van der Waals surface area contributed by atoms with Crippen LogP contribution in [0.3, 0.4) is 0 Å². The zero-order valence-corrected chi connectivity index (χ0v) is 10.7. The minimum Gasteiger partial charge on any atom is -0.488 e. The minimum absolute atomic E-state index is 0.493. The number of aliphatic hydroxyl groups is 1. The molecule has 1 N–H and O–H groups in total. The van der Waals surface area contributed by atoms with Gasteiger partial charge >= 0.3 is 0 Å². The second kappa shape index (κ2) is 5.29. The highest BCUT2D eigenvalue weighted by Gasteiger charge is 2.09. The van der Waals surface area contributed by atoms with E-state index in [0.29, 0.717) is 6.61 Å². The topological polar surface area (TPSA) is 42.4 Å². The molecule has 1 heterocycles. The maximum absolute atomic E-state index is 9.70. The van der Waals surface area contributed by atoms with Gasteiger partial charge in [0.15, 0.2) is 0 Å². The van der Waals surface area contributed by atoms with Crippen molar-refractivity contribution in [2.75, 3.05) is 0 Å². The first kappa shape index (κ1) is 12.1. The van der Waals surface area contributed by atoms with E-state index in [-0.39, 0.29) is 0 Å². The Morgan fingerprint density at radius 2 is 2.29 bits per heavy atom. The fourth-order valence-corrected chi connectivity index (χ4v) is 2.09. The van der Waals surface area contributed by atoms with E-state index in [2.05, 4.69) is 4.98 Å². The molecule has 1 aromatic heterocycles. The fraction of sp³-hybridized carbons (Fsp3) is 0.308. The number of benzene rings is 1. The molecule has 3 nitrogen and oxygen atoms in total. The minimum atomic E-state index is -0.522. The fourth-order valence-electron chi connectivity index (χ4n) is 1.59. The highest BCUT2D eigenvalue weighted by atomic mass is 32.1. The molecule has 0 spiro atoms. The highest BCUT2D eigenvalue weighted by Crippen LogP contribution is 2.27. The number of hydrogen-bond acceptors (Lipinski definition) is 4. The smallest absolute Gasteiger partial charge is 0.125 e. The second-order valence-electron chi connectivity index (χ2n) is 3.97. The molecule has 0 saturated carbocycles. The maximum atomic E-state index is 9.70. The van der Waals surface area contributed by atoms with Gasteiger partial charge in [0.2, 0.25) is 0 Å². The molecule has 1 atom stereocenters. The number of nitrogens with zero attached hydrogens (tertiary/aromatic N) is 1. The molecule has 0 amide bonds. The summed E-state index contributed by atoms with van der Waals surface area (Å²) in [6, 6.07) is 5.83. The first-order chi connectivity index (χ1) is 8.16. The van der Waals surface area contributed by atoms with Crippen LogP contribution in [0.4, 0.5) is 0 Å². The van der Waals surface area contributed by atoms with Gasteiger partial charge in [0, 0.05) is 11.8 Å². The van der Waals surface area contributed by atoms with E-state index >= 15 is 0 Å². The number of aliphatic hydroxyl groups excluding tert-OH is 1. The summed E-state index contributed by atoms with van der Waals surface area (Å²) in [5, 5.41) is 9.70. The first-order valence-electron chi connectivity index (χ1n) is 5.45. The molecule has 2 aromatic rings. The highest BCUT2D eigenvalue weighted by molar-refractivity contribution is 7.09. The van der Waals surface area contributed by atoms with Gasteiger partial charge in [0.05, 0.1) is 16.5 Å². The molecule has 0 saturated heterocycles. The standard InChI is InChI=1S/C13H15NO2S/c1-9-3-4-13(12(5-9)10(2)15)16-7-11-6-14-8-17-11/h3-6,8,10,15H,7H2,1-2H3/t10-/m0/s1. The van der Waals surface area contributed by atoms with Crippen molar-refractivity contribution < 1.29 is 9.84 Å². The van der Waals surface area contributed by atoms with Gasteiger partial charge in [-0.2, -0.15) is 0 Å². The van der Waals surface area contributed by atoms with Crippen molar-refractivity contribution in [2.45, 2.75) is 26.6 Å². The first-order valence-corrected chi connectivity index (χ1v) is 6.33. The van der Waals surface area contributed by atoms with Crippen LogP contribution in [0.2, 0.25) is 0 Å². The van der Waals surface area contributed by atoms with E-state index < -0.39 is 6.10 Å². The number of ether oxygens (including phenoxy) is 1. The van der Waals surface area contributed by atoms with Crippen molar-refractivity contribution in [3.63, 3.8) is 0 Å².